The molecule has 27 heavy (non-hydrogen) atoms. The van der Waals surface area contributed by atoms with Crippen LogP contribution in [0.5, 0.6) is 5.75 Å². The van der Waals surface area contributed by atoms with Crippen LogP contribution in [0.4, 0.5) is 0 Å². The summed E-state index contributed by atoms with van der Waals surface area (Å²) in [6, 6.07) is 12.0. The number of benzene rings is 1. The number of aromatic nitrogens is 1. The van der Waals surface area contributed by atoms with Gasteiger partial charge in [-0.2, -0.15) is 0 Å². The number of pyridine rings is 1. The van der Waals surface area contributed by atoms with E-state index in [0.717, 1.165) is 49.5 Å². The first-order chi connectivity index (χ1) is 13.1. The van der Waals surface area contributed by atoms with Crippen molar-refractivity contribution in [2.24, 2.45) is 11.8 Å². The van der Waals surface area contributed by atoms with E-state index in [9.17, 15) is 5.11 Å². The fourth-order valence-corrected chi connectivity index (χ4v) is 4.86. The molecule has 1 saturated carbocycles. The van der Waals surface area contributed by atoms with E-state index in [-0.39, 0.29) is 12.5 Å². The van der Waals surface area contributed by atoms with Gasteiger partial charge in [0, 0.05) is 31.7 Å². The van der Waals surface area contributed by atoms with E-state index in [1.165, 1.54) is 5.56 Å². The minimum absolute atomic E-state index is 0.0248. The Morgan fingerprint density at radius 2 is 2.04 bits per heavy atom. The minimum atomic E-state index is -0.799. The first-order valence-corrected chi connectivity index (χ1v) is 9.79. The molecule has 1 aromatic heterocycles. The molecular formula is C22H28N2O3. The van der Waals surface area contributed by atoms with Crippen LogP contribution >= 0.6 is 0 Å². The topological polar surface area (TPSA) is 65.8 Å². The van der Waals surface area contributed by atoms with Crippen LogP contribution in [0.25, 0.3) is 0 Å². The summed E-state index contributed by atoms with van der Waals surface area (Å²) in [5.41, 5.74) is 2.39. The predicted molar refractivity (Wildman–Crippen MR) is 103 cm³/mol. The summed E-state index contributed by atoms with van der Waals surface area (Å²) in [4.78, 5) is 6.98. The maximum Gasteiger partial charge on any atom is 0.119 e. The zero-order valence-electron chi connectivity index (χ0n) is 15.8. The van der Waals surface area contributed by atoms with Crippen molar-refractivity contribution in [3.8, 4) is 5.75 Å². The Labute approximate surface area is 160 Å². The Bertz CT molecular complexity index is 779. The van der Waals surface area contributed by atoms with Crippen molar-refractivity contribution >= 4 is 0 Å². The number of hydrogen-bond donors (Lipinski definition) is 2. The number of aliphatic hydroxyl groups is 2. The van der Waals surface area contributed by atoms with Crippen LogP contribution in [0.2, 0.25) is 0 Å². The smallest absolute Gasteiger partial charge is 0.119 e. The maximum atomic E-state index is 11.5. The molecule has 0 bridgehead atoms. The number of aryl methyl sites for hydroxylation is 1. The van der Waals surface area contributed by atoms with Crippen molar-refractivity contribution in [3.05, 3.63) is 59.4 Å². The molecule has 2 fully saturated rings. The molecular weight excluding hydrogens is 340 g/mol. The van der Waals surface area contributed by atoms with E-state index in [0.29, 0.717) is 12.5 Å². The lowest BCUT2D eigenvalue weighted by Gasteiger charge is -2.31. The number of rotatable bonds is 6. The summed E-state index contributed by atoms with van der Waals surface area (Å²) < 4.78 is 5.42. The third kappa shape index (κ3) is 3.59. The standard InChI is InChI=1S/C22H28N2O3/c1-16-3-2-10-23-21(16)22(26)9-8-18-14-24(15-20(18)22)13-17-4-6-19(7-5-17)27-12-11-25/h2-7,10,18,20,25-26H,8-9,11-15H2,1H3/t18-,20+,22-/m1/s1. The van der Waals surface area contributed by atoms with Gasteiger partial charge in [0.2, 0.25) is 0 Å². The van der Waals surface area contributed by atoms with Gasteiger partial charge in [-0.15, -0.1) is 0 Å². The Morgan fingerprint density at radius 1 is 1.22 bits per heavy atom. The molecule has 1 saturated heterocycles. The second-order valence-corrected chi connectivity index (χ2v) is 7.91. The summed E-state index contributed by atoms with van der Waals surface area (Å²) in [7, 11) is 0. The zero-order valence-corrected chi connectivity index (χ0v) is 15.8. The van der Waals surface area contributed by atoms with Gasteiger partial charge in [0.1, 0.15) is 18.0 Å². The molecule has 5 nitrogen and oxygen atoms in total. The number of hydrogen-bond acceptors (Lipinski definition) is 5. The molecule has 2 aliphatic rings. The van der Waals surface area contributed by atoms with Crippen molar-refractivity contribution in [2.75, 3.05) is 26.3 Å². The van der Waals surface area contributed by atoms with Gasteiger partial charge in [0.05, 0.1) is 12.3 Å². The molecule has 2 N–H and O–H groups in total. The van der Waals surface area contributed by atoms with Crippen LogP contribution < -0.4 is 4.74 Å². The summed E-state index contributed by atoms with van der Waals surface area (Å²) in [5, 5.41) is 20.3. The monoisotopic (exact) mass is 368 g/mol. The largest absolute Gasteiger partial charge is 0.491 e. The van der Waals surface area contributed by atoms with Crippen LogP contribution in [0.3, 0.4) is 0 Å². The van der Waals surface area contributed by atoms with Gasteiger partial charge in [-0.25, -0.2) is 0 Å². The highest BCUT2D eigenvalue weighted by Crippen LogP contribution is 2.50. The van der Waals surface area contributed by atoms with E-state index in [1.54, 1.807) is 6.20 Å². The summed E-state index contributed by atoms with van der Waals surface area (Å²) in [6.45, 7) is 5.20. The third-order valence-corrected chi connectivity index (χ3v) is 6.14. The van der Waals surface area contributed by atoms with Gasteiger partial charge in [-0.1, -0.05) is 18.2 Å². The second kappa shape index (κ2) is 7.58. The Kier molecular flexibility index (Phi) is 5.17. The van der Waals surface area contributed by atoms with Gasteiger partial charge < -0.3 is 14.9 Å². The molecule has 3 atom stereocenters. The molecule has 0 amide bonds. The Balaban J connectivity index is 1.43. The van der Waals surface area contributed by atoms with Gasteiger partial charge in [0.25, 0.3) is 0 Å². The fourth-order valence-electron chi connectivity index (χ4n) is 4.86. The van der Waals surface area contributed by atoms with Crippen LogP contribution in [-0.2, 0) is 12.1 Å². The number of fused-ring (bicyclic) bond motifs is 1. The highest BCUT2D eigenvalue weighted by molar-refractivity contribution is 5.29. The summed E-state index contributed by atoms with van der Waals surface area (Å²) in [6.07, 6.45) is 3.66. The van der Waals surface area contributed by atoms with Crippen LogP contribution in [0, 0.1) is 18.8 Å². The molecule has 2 heterocycles. The van der Waals surface area contributed by atoms with E-state index in [2.05, 4.69) is 22.0 Å². The molecule has 2 aromatic rings. The molecule has 0 unspecified atom stereocenters. The normalized spacial score (nSPS) is 27.7. The third-order valence-electron chi connectivity index (χ3n) is 6.14. The number of aliphatic hydroxyl groups excluding tert-OH is 1. The molecule has 4 rings (SSSR count). The van der Waals surface area contributed by atoms with Crippen molar-refractivity contribution in [2.45, 2.75) is 31.9 Å². The van der Waals surface area contributed by atoms with Crippen molar-refractivity contribution < 1.29 is 14.9 Å². The van der Waals surface area contributed by atoms with Gasteiger partial charge in [-0.05, 0) is 55.0 Å². The average molecular weight is 368 g/mol. The summed E-state index contributed by atoms with van der Waals surface area (Å²) >= 11 is 0. The summed E-state index contributed by atoms with van der Waals surface area (Å²) in [5.74, 6) is 1.56. The lowest BCUT2D eigenvalue weighted by molar-refractivity contribution is -0.0114. The highest BCUT2D eigenvalue weighted by Gasteiger charge is 2.53. The quantitative estimate of drug-likeness (QED) is 0.820. The molecule has 144 valence electrons. The van der Waals surface area contributed by atoms with Gasteiger partial charge in [0.15, 0.2) is 0 Å². The van der Waals surface area contributed by atoms with Crippen LogP contribution in [-0.4, -0.2) is 46.4 Å². The molecule has 0 spiro atoms. The highest BCUT2D eigenvalue weighted by atomic mass is 16.5. The van der Waals surface area contributed by atoms with Crippen LogP contribution in [0.15, 0.2) is 42.6 Å². The Morgan fingerprint density at radius 3 is 2.78 bits per heavy atom. The van der Waals surface area contributed by atoms with E-state index >= 15 is 0 Å². The van der Waals surface area contributed by atoms with Crippen LogP contribution in [0.1, 0.15) is 29.7 Å². The lowest BCUT2D eigenvalue weighted by atomic mass is 9.83. The molecule has 1 aliphatic carbocycles. The number of ether oxygens (including phenoxy) is 1. The van der Waals surface area contributed by atoms with Gasteiger partial charge in [-0.3, -0.25) is 9.88 Å². The first-order valence-electron chi connectivity index (χ1n) is 9.79. The SMILES string of the molecule is Cc1cccnc1[C@@]1(O)CC[C@@H]2CN(Cc3ccc(OCCO)cc3)C[C@@H]21. The minimum Gasteiger partial charge on any atom is -0.491 e. The lowest BCUT2D eigenvalue weighted by Crippen LogP contribution is -2.36. The maximum absolute atomic E-state index is 11.5. The van der Waals surface area contributed by atoms with E-state index in [1.807, 2.05) is 31.2 Å². The Hall–Kier alpha value is -1.95. The predicted octanol–water partition coefficient (Wildman–Crippen LogP) is 2.49. The molecule has 0 radical (unpaired) electrons. The van der Waals surface area contributed by atoms with Crippen molar-refractivity contribution in [3.63, 3.8) is 0 Å². The first kappa shape index (κ1) is 18.4. The zero-order chi connectivity index (χ0) is 18.9. The van der Waals surface area contributed by atoms with Crippen molar-refractivity contribution in [1.29, 1.82) is 0 Å². The molecule has 1 aromatic carbocycles. The molecule has 1 aliphatic heterocycles. The van der Waals surface area contributed by atoms with E-state index < -0.39 is 5.60 Å². The second-order valence-electron chi connectivity index (χ2n) is 7.91. The number of likely N-dealkylation sites (tertiary alicyclic amines) is 1. The van der Waals surface area contributed by atoms with E-state index in [4.69, 9.17) is 9.84 Å². The average Bonchev–Trinajstić information content (AvgIpc) is 3.22. The molecule has 5 heteroatoms. The van der Waals surface area contributed by atoms with Gasteiger partial charge >= 0.3 is 0 Å². The van der Waals surface area contributed by atoms with Crippen molar-refractivity contribution in [1.82, 2.24) is 9.88 Å². The number of nitrogens with zero attached hydrogens (tertiary/aromatic N) is 2. The fraction of sp³-hybridized carbons (Fsp3) is 0.500.